The summed E-state index contributed by atoms with van der Waals surface area (Å²) in [5.74, 6) is -0.496. The average molecular weight is 248 g/mol. The summed E-state index contributed by atoms with van der Waals surface area (Å²) in [4.78, 5) is 24.9. The number of benzene rings is 1. The van der Waals surface area contributed by atoms with E-state index in [0.29, 0.717) is 18.0 Å². The zero-order chi connectivity index (χ0) is 13.1. The molecule has 0 aliphatic carbocycles. The second-order valence-electron chi connectivity index (χ2n) is 3.55. The highest BCUT2D eigenvalue weighted by Crippen LogP contribution is 2.15. The first-order chi connectivity index (χ1) is 8.63. The Hall–Kier alpha value is -2.50. The number of carboxylic acids is 1. The van der Waals surface area contributed by atoms with Crippen molar-refractivity contribution in [1.82, 2.24) is 9.55 Å². The lowest BCUT2D eigenvalue weighted by Gasteiger charge is -2.06. The molecule has 2 rings (SSSR count). The van der Waals surface area contributed by atoms with Crippen LogP contribution in [-0.4, -0.2) is 27.2 Å². The Morgan fingerprint density at radius 1 is 1.39 bits per heavy atom. The molecule has 1 aromatic heterocycles. The number of H-pyrrole nitrogens is 1. The van der Waals surface area contributed by atoms with Crippen LogP contribution in [0.1, 0.15) is 17.4 Å². The quantitative estimate of drug-likeness (QED) is 0.853. The molecule has 0 saturated carbocycles. The number of aromatic nitrogens is 2. The maximum Gasteiger partial charge on any atom is 0.354 e. The smallest absolute Gasteiger partial charge is 0.354 e. The van der Waals surface area contributed by atoms with E-state index in [2.05, 4.69) is 4.98 Å². The van der Waals surface area contributed by atoms with Crippen LogP contribution in [0.25, 0.3) is 5.69 Å². The van der Waals surface area contributed by atoms with Gasteiger partial charge < -0.3 is 14.8 Å². The van der Waals surface area contributed by atoms with Crippen LogP contribution in [0.5, 0.6) is 5.75 Å². The van der Waals surface area contributed by atoms with E-state index in [1.807, 2.05) is 6.92 Å². The van der Waals surface area contributed by atoms with E-state index in [-0.39, 0.29) is 5.69 Å². The average Bonchev–Trinajstić information content (AvgIpc) is 2.73. The van der Waals surface area contributed by atoms with E-state index < -0.39 is 11.7 Å². The molecule has 0 spiro atoms. The first-order valence-corrected chi connectivity index (χ1v) is 5.40. The topological polar surface area (TPSA) is 84.3 Å². The number of nitrogens with zero attached hydrogens (tertiary/aromatic N) is 1. The summed E-state index contributed by atoms with van der Waals surface area (Å²) in [6, 6.07) is 6.63. The maximum atomic E-state index is 11.6. The molecule has 0 aliphatic rings. The van der Waals surface area contributed by atoms with Crippen LogP contribution in [0.15, 0.2) is 35.3 Å². The first kappa shape index (κ1) is 12.0. The number of rotatable bonds is 4. The van der Waals surface area contributed by atoms with Crippen LogP contribution in [0, 0.1) is 0 Å². The minimum absolute atomic E-state index is 0.107. The third kappa shape index (κ3) is 2.13. The van der Waals surface area contributed by atoms with Crippen molar-refractivity contribution in [3.8, 4) is 11.4 Å². The van der Waals surface area contributed by atoms with Crippen LogP contribution < -0.4 is 10.4 Å². The minimum atomic E-state index is -1.16. The highest BCUT2D eigenvalue weighted by atomic mass is 16.5. The van der Waals surface area contributed by atoms with Gasteiger partial charge in [0.1, 0.15) is 5.75 Å². The summed E-state index contributed by atoms with van der Waals surface area (Å²) in [5.41, 5.74) is -0.122. The summed E-state index contributed by atoms with van der Waals surface area (Å²) in [6.07, 6.45) is 1.17. The second kappa shape index (κ2) is 4.79. The van der Waals surface area contributed by atoms with Gasteiger partial charge >= 0.3 is 11.7 Å². The van der Waals surface area contributed by atoms with Crippen molar-refractivity contribution in [1.29, 1.82) is 0 Å². The molecule has 6 nitrogen and oxygen atoms in total. The van der Waals surface area contributed by atoms with Crippen LogP contribution in [0.4, 0.5) is 0 Å². The summed E-state index contributed by atoms with van der Waals surface area (Å²) in [5, 5.41) is 8.97. The summed E-state index contributed by atoms with van der Waals surface area (Å²) < 4.78 is 6.37. The van der Waals surface area contributed by atoms with Crippen molar-refractivity contribution < 1.29 is 14.6 Å². The Morgan fingerprint density at radius 3 is 2.61 bits per heavy atom. The minimum Gasteiger partial charge on any atom is -0.494 e. The number of nitrogens with one attached hydrogen (secondary N) is 1. The molecule has 0 bridgehead atoms. The third-order valence-electron chi connectivity index (χ3n) is 2.40. The summed E-state index contributed by atoms with van der Waals surface area (Å²) in [7, 11) is 0. The normalized spacial score (nSPS) is 10.3. The lowest BCUT2D eigenvalue weighted by Crippen LogP contribution is -2.19. The number of aromatic carboxylic acids is 1. The van der Waals surface area contributed by atoms with Crippen molar-refractivity contribution in [3.05, 3.63) is 46.6 Å². The van der Waals surface area contributed by atoms with E-state index in [1.165, 1.54) is 6.20 Å². The maximum absolute atomic E-state index is 11.6. The van der Waals surface area contributed by atoms with Gasteiger partial charge in [0.25, 0.3) is 0 Å². The predicted molar refractivity (Wildman–Crippen MR) is 64.5 cm³/mol. The first-order valence-electron chi connectivity index (χ1n) is 5.40. The van der Waals surface area contributed by atoms with Gasteiger partial charge in [-0.1, -0.05) is 0 Å². The number of carbonyl (C=O) groups is 1. The van der Waals surface area contributed by atoms with Crippen LogP contribution in [0.2, 0.25) is 0 Å². The lowest BCUT2D eigenvalue weighted by atomic mass is 10.3. The van der Waals surface area contributed by atoms with Gasteiger partial charge in [0.15, 0.2) is 5.69 Å². The van der Waals surface area contributed by atoms with Crippen LogP contribution >= 0.6 is 0 Å². The van der Waals surface area contributed by atoms with Crippen molar-refractivity contribution >= 4 is 5.97 Å². The zero-order valence-electron chi connectivity index (χ0n) is 9.71. The van der Waals surface area contributed by atoms with Gasteiger partial charge in [-0.2, -0.15) is 0 Å². The van der Waals surface area contributed by atoms with E-state index in [9.17, 15) is 9.59 Å². The van der Waals surface area contributed by atoms with Crippen LogP contribution in [-0.2, 0) is 0 Å². The van der Waals surface area contributed by atoms with Gasteiger partial charge in [-0.25, -0.2) is 9.59 Å². The molecule has 1 aromatic carbocycles. The molecule has 94 valence electrons. The molecule has 0 atom stereocenters. The van der Waals surface area contributed by atoms with Crippen molar-refractivity contribution in [3.63, 3.8) is 0 Å². The standard InChI is InChI=1S/C12H12N2O4/c1-2-18-9-5-3-8(4-6-9)14-10(11(15)16)7-13-12(14)17/h3-7H,2H2,1H3,(H,13,17)(H,15,16). The molecular formula is C12H12N2O4. The zero-order valence-corrected chi connectivity index (χ0v) is 9.71. The van der Waals surface area contributed by atoms with Gasteiger partial charge in [0.05, 0.1) is 12.3 Å². The number of hydrogen-bond donors (Lipinski definition) is 2. The van der Waals surface area contributed by atoms with Gasteiger partial charge in [0.2, 0.25) is 0 Å². The van der Waals surface area contributed by atoms with E-state index >= 15 is 0 Å². The van der Waals surface area contributed by atoms with E-state index in [4.69, 9.17) is 9.84 Å². The fourth-order valence-corrected chi connectivity index (χ4v) is 1.64. The fourth-order valence-electron chi connectivity index (χ4n) is 1.64. The fraction of sp³-hybridized carbons (Fsp3) is 0.167. The monoisotopic (exact) mass is 248 g/mol. The number of carboxylic acid groups (broad SMARTS) is 1. The Morgan fingerprint density at radius 2 is 2.06 bits per heavy atom. The van der Waals surface area contributed by atoms with E-state index in [0.717, 1.165) is 4.57 Å². The number of hydrogen-bond acceptors (Lipinski definition) is 3. The van der Waals surface area contributed by atoms with Gasteiger partial charge in [-0.3, -0.25) is 4.57 Å². The van der Waals surface area contributed by atoms with Crippen molar-refractivity contribution in [2.24, 2.45) is 0 Å². The predicted octanol–water partition coefficient (Wildman–Crippen LogP) is 1.26. The van der Waals surface area contributed by atoms with Crippen molar-refractivity contribution in [2.75, 3.05) is 6.61 Å². The highest BCUT2D eigenvalue weighted by molar-refractivity contribution is 5.86. The van der Waals surface area contributed by atoms with Gasteiger partial charge in [-0.15, -0.1) is 0 Å². The molecule has 0 aliphatic heterocycles. The summed E-state index contributed by atoms with van der Waals surface area (Å²) >= 11 is 0. The second-order valence-corrected chi connectivity index (χ2v) is 3.55. The lowest BCUT2D eigenvalue weighted by molar-refractivity contribution is 0.0688. The molecular weight excluding hydrogens is 236 g/mol. The molecule has 0 amide bonds. The van der Waals surface area contributed by atoms with E-state index in [1.54, 1.807) is 24.3 Å². The van der Waals surface area contributed by atoms with Gasteiger partial charge in [-0.05, 0) is 31.2 Å². The Bertz CT molecular complexity index is 610. The van der Waals surface area contributed by atoms with Crippen molar-refractivity contribution in [2.45, 2.75) is 6.92 Å². The molecule has 0 radical (unpaired) electrons. The molecule has 2 aromatic rings. The highest BCUT2D eigenvalue weighted by Gasteiger charge is 2.14. The molecule has 6 heteroatoms. The Labute approximate surface area is 102 Å². The molecule has 2 N–H and O–H groups in total. The molecule has 0 unspecified atom stereocenters. The molecule has 0 fully saturated rings. The molecule has 0 saturated heterocycles. The summed E-state index contributed by atoms with van der Waals surface area (Å²) in [6.45, 7) is 2.41. The largest absolute Gasteiger partial charge is 0.494 e. The number of aromatic amines is 1. The Kier molecular flexibility index (Phi) is 3.18. The SMILES string of the molecule is CCOc1ccc(-n2c(C(=O)O)c[nH]c2=O)cc1. The third-order valence-corrected chi connectivity index (χ3v) is 2.40. The Balaban J connectivity index is 2.45. The number of ether oxygens (including phenoxy) is 1. The van der Waals surface area contributed by atoms with Gasteiger partial charge in [0, 0.05) is 6.20 Å². The molecule has 1 heterocycles. The van der Waals surface area contributed by atoms with Crippen LogP contribution in [0.3, 0.4) is 0 Å². The number of imidazole rings is 1. The molecule has 18 heavy (non-hydrogen) atoms.